The first kappa shape index (κ1) is 20.7. The fourth-order valence-corrected chi connectivity index (χ4v) is 3.24. The lowest BCUT2D eigenvalue weighted by Gasteiger charge is -2.16. The summed E-state index contributed by atoms with van der Waals surface area (Å²) >= 11 is 0. The van der Waals surface area contributed by atoms with Gasteiger partial charge in [-0.25, -0.2) is 0 Å². The van der Waals surface area contributed by atoms with E-state index in [1.54, 1.807) is 6.92 Å². The van der Waals surface area contributed by atoms with Crippen LogP contribution in [0.15, 0.2) is 66.7 Å². The SMILES string of the molecule is CC(C)Oc1cccc(CCCNC(=O)[C@H](C)Oc2cccc3ccccc23)c1. The van der Waals surface area contributed by atoms with Crippen LogP contribution in [0.5, 0.6) is 11.5 Å². The topological polar surface area (TPSA) is 47.6 Å². The molecule has 0 aliphatic heterocycles. The average molecular weight is 392 g/mol. The molecule has 152 valence electrons. The van der Waals surface area contributed by atoms with E-state index in [0.717, 1.165) is 35.1 Å². The van der Waals surface area contributed by atoms with Gasteiger partial charge in [0.2, 0.25) is 0 Å². The van der Waals surface area contributed by atoms with E-state index in [0.29, 0.717) is 6.54 Å². The van der Waals surface area contributed by atoms with Gasteiger partial charge in [-0.05, 0) is 62.8 Å². The molecule has 0 bridgehead atoms. The summed E-state index contributed by atoms with van der Waals surface area (Å²) in [5, 5.41) is 5.08. The Morgan fingerprint density at radius 1 is 0.931 bits per heavy atom. The zero-order chi connectivity index (χ0) is 20.6. The summed E-state index contributed by atoms with van der Waals surface area (Å²) in [5.41, 5.74) is 1.21. The van der Waals surface area contributed by atoms with Crippen molar-refractivity contribution in [1.29, 1.82) is 0 Å². The largest absolute Gasteiger partial charge is 0.491 e. The molecule has 3 rings (SSSR count). The highest BCUT2D eigenvalue weighted by molar-refractivity contribution is 5.89. The number of hydrogen-bond acceptors (Lipinski definition) is 3. The lowest BCUT2D eigenvalue weighted by molar-refractivity contribution is -0.127. The predicted molar refractivity (Wildman–Crippen MR) is 118 cm³/mol. The standard InChI is InChI=1S/C25H29NO3/c1-18(2)28-22-13-6-9-20(17-22)10-8-16-26-25(27)19(3)29-24-15-7-12-21-11-4-5-14-23(21)24/h4-7,9,11-15,17-19H,8,10,16H2,1-3H3,(H,26,27)/t19-/m0/s1. The van der Waals surface area contributed by atoms with E-state index in [1.807, 2.05) is 68.4 Å². The molecule has 0 saturated heterocycles. The van der Waals surface area contributed by atoms with E-state index >= 15 is 0 Å². The van der Waals surface area contributed by atoms with Gasteiger partial charge in [-0.3, -0.25) is 4.79 Å². The van der Waals surface area contributed by atoms with Crippen molar-refractivity contribution in [2.24, 2.45) is 0 Å². The minimum Gasteiger partial charge on any atom is -0.491 e. The van der Waals surface area contributed by atoms with Crippen LogP contribution >= 0.6 is 0 Å². The van der Waals surface area contributed by atoms with Gasteiger partial charge >= 0.3 is 0 Å². The van der Waals surface area contributed by atoms with E-state index in [1.165, 1.54) is 5.56 Å². The Hall–Kier alpha value is -3.01. The van der Waals surface area contributed by atoms with Crippen molar-refractivity contribution in [2.75, 3.05) is 6.54 Å². The van der Waals surface area contributed by atoms with Gasteiger partial charge in [0.25, 0.3) is 5.91 Å². The molecule has 0 radical (unpaired) electrons. The molecule has 0 aliphatic rings. The van der Waals surface area contributed by atoms with Gasteiger partial charge in [0.05, 0.1) is 6.10 Å². The molecule has 3 aromatic rings. The molecule has 1 atom stereocenters. The molecule has 4 heteroatoms. The normalized spacial score (nSPS) is 12.0. The number of aryl methyl sites for hydroxylation is 1. The molecule has 4 nitrogen and oxygen atoms in total. The molecule has 0 spiro atoms. The number of nitrogens with one attached hydrogen (secondary N) is 1. The van der Waals surface area contributed by atoms with E-state index in [9.17, 15) is 4.79 Å². The zero-order valence-electron chi connectivity index (χ0n) is 17.4. The summed E-state index contributed by atoms with van der Waals surface area (Å²) in [6.45, 7) is 6.43. The number of benzene rings is 3. The first-order valence-electron chi connectivity index (χ1n) is 10.2. The van der Waals surface area contributed by atoms with Crippen molar-refractivity contribution in [3.63, 3.8) is 0 Å². The van der Waals surface area contributed by atoms with Crippen molar-refractivity contribution in [2.45, 2.75) is 45.8 Å². The number of hydrogen-bond donors (Lipinski definition) is 1. The second kappa shape index (κ2) is 9.97. The number of carbonyl (C=O) groups excluding carboxylic acids is 1. The van der Waals surface area contributed by atoms with Crippen molar-refractivity contribution in [3.8, 4) is 11.5 Å². The number of amides is 1. The van der Waals surface area contributed by atoms with Gasteiger partial charge < -0.3 is 14.8 Å². The second-order valence-electron chi connectivity index (χ2n) is 7.45. The minimum atomic E-state index is -0.552. The number of carbonyl (C=O) groups is 1. The maximum atomic E-state index is 12.4. The molecular weight excluding hydrogens is 362 g/mol. The fourth-order valence-electron chi connectivity index (χ4n) is 3.24. The van der Waals surface area contributed by atoms with Gasteiger partial charge in [-0.15, -0.1) is 0 Å². The summed E-state index contributed by atoms with van der Waals surface area (Å²) < 4.78 is 11.7. The van der Waals surface area contributed by atoms with Crippen LogP contribution < -0.4 is 14.8 Å². The fraction of sp³-hybridized carbons (Fsp3) is 0.320. The Balaban J connectivity index is 1.47. The van der Waals surface area contributed by atoms with Gasteiger partial charge in [-0.2, -0.15) is 0 Å². The predicted octanol–water partition coefficient (Wildman–Crippen LogP) is 5.14. The third-order valence-corrected chi connectivity index (χ3v) is 4.63. The highest BCUT2D eigenvalue weighted by atomic mass is 16.5. The first-order chi connectivity index (χ1) is 14.0. The quantitative estimate of drug-likeness (QED) is 0.514. The van der Waals surface area contributed by atoms with Crippen LogP contribution in [0.3, 0.4) is 0 Å². The van der Waals surface area contributed by atoms with Gasteiger partial charge in [0.1, 0.15) is 11.5 Å². The lowest BCUT2D eigenvalue weighted by Crippen LogP contribution is -2.37. The summed E-state index contributed by atoms with van der Waals surface area (Å²) in [5.74, 6) is 1.51. The molecule has 1 N–H and O–H groups in total. The van der Waals surface area contributed by atoms with Crippen LogP contribution in [0, 0.1) is 0 Å². The highest BCUT2D eigenvalue weighted by Crippen LogP contribution is 2.26. The number of fused-ring (bicyclic) bond motifs is 1. The molecular formula is C25H29NO3. The van der Waals surface area contributed by atoms with Crippen molar-refractivity contribution >= 4 is 16.7 Å². The Labute approximate surface area is 172 Å². The summed E-state index contributed by atoms with van der Waals surface area (Å²) in [4.78, 5) is 12.4. The van der Waals surface area contributed by atoms with Crippen LogP contribution in [0.1, 0.15) is 32.8 Å². The third-order valence-electron chi connectivity index (χ3n) is 4.63. The van der Waals surface area contributed by atoms with Crippen LogP contribution in [-0.2, 0) is 11.2 Å². The monoisotopic (exact) mass is 391 g/mol. The minimum absolute atomic E-state index is 0.102. The highest BCUT2D eigenvalue weighted by Gasteiger charge is 2.15. The Morgan fingerprint density at radius 3 is 2.52 bits per heavy atom. The van der Waals surface area contributed by atoms with Crippen LogP contribution in [-0.4, -0.2) is 24.7 Å². The maximum Gasteiger partial charge on any atom is 0.260 e. The van der Waals surface area contributed by atoms with Crippen LogP contribution in [0.2, 0.25) is 0 Å². The van der Waals surface area contributed by atoms with E-state index in [2.05, 4.69) is 17.4 Å². The van der Waals surface area contributed by atoms with Crippen molar-refractivity contribution in [1.82, 2.24) is 5.32 Å². The molecule has 0 saturated carbocycles. The van der Waals surface area contributed by atoms with Crippen molar-refractivity contribution < 1.29 is 14.3 Å². The molecule has 0 unspecified atom stereocenters. The van der Waals surface area contributed by atoms with E-state index in [4.69, 9.17) is 9.47 Å². The lowest BCUT2D eigenvalue weighted by atomic mass is 10.1. The second-order valence-corrected chi connectivity index (χ2v) is 7.45. The molecule has 29 heavy (non-hydrogen) atoms. The molecule has 0 heterocycles. The summed E-state index contributed by atoms with van der Waals surface area (Å²) in [6.07, 6.45) is 1.35. The average Bonchev–Trinajstić information content (AvgIpc) is 2.71. The molecule has 1 amide bonds. The Bertz CT molecular complexity index is 946. The first-order valence-corrected chi connectivity index (χ1v) is 10.2. The van der Waals surface area contributed by atoms with Gasteiger partial charge in [0, 0.05) is 11.9 Å². The van der Waals surface area contributed by atoms with Gasteiger partial charge in [-0.1, -0.05) is 48.5 Å². The number of rotatable bonds is 9. The number of ether oxygens (including phenoxy) is 2. The van der Waals surface area contributed by atoms with Crippen LogP contribution in [0.25, 0.3) is 10.8 Å². The van der Waals surface area contributed by atoms with Crippen molar-refractivity contribution in [3.05, 3.63) is 72.3 Å². The molecule has 0 aromatic heterocycles. The third kappa shape index (κ3) is 5.98. The smallest absolute Gasteiger partial charge is 0.260 e. The van der Waals surface area contributed by atoms with Crippen LogP contribution in [0.4, 0.5) is 0 Å². The Kier molecular flexibility index (Phi) is 7.12. The molecule has 0 fully saturated rings. The summed E-state index contributed by atoms with van der Waals surface area (Å²) in [6, 6.07) is 22.0. The zero-order valence-corrected chi connectivity index (χ0v) is 17.4. The van der Waals surface area contributed by atoms with E-state index < -0.39 is 6.10 Å². The Morgan fingerprint density at radius 2 is 1.69 bits per heavy atom. The maximum absolute atomic E-state index is 12.4. The molecule has 3 aromatic carbocycles. The summed E-state index contributed by atoms with van der Waals surface area (Å²) in [7, 11) is 0. The molecule has 0 aliphatic carbocycles. The van der Waals surface area contributed by atoms with E-state index in [-0.39, 0.29) is 12.0 Å². The van der Waals surface area contributed by atoms with Gasteiger partial charge in [0.15, 0.2) is 6.10 Å².